The van der Waals surface area contributed by atoms with Gasteiger partial charge >= 0.3 is 5.97 Å². The quantitative estimate of drug-likeness (QED) is 0.625. The molecule has 0 aromatic heterocycles. The van der Waals surface area contributed by atoms with Gasteiger partial charge in [0.25, 0.3) is 0 Å². The predicted molar refractivity (Wildman–Crippen MR) is 66.4 cm³/mol. The van der Waals surface area contributed by atoms with Crippen molar-refractivity contribution < 1.29 is 9.53 Å². The van der Waals surface area contributed by atoms with Gasteiger partial charge in [0.2, 0.25) is 0 Å². The monoisotopic (exact) mass is 231 g/mol. The lowest BCUT2D eigenvalue weighted by Crippen LogP contribution is -2.36. The van der Waals surface area contributed by atoms with Gasteiger partial charge in [-0.15, -0.1) is 0 Å². The minimum absolute atomic E-state index is 0.167. The number of hydrogen-bond acceptors (Lipinski definition) is 3. The molecule has 0 spiro atoms. The third-order valence-corrected chi connectivity index (χ3v) is 3.10. The molecular weight excluding hydrogens is 214 g/mol. The molecule has 17 heavy (non-hydrogen) atoms. The Hall–Kier alpha value is -1.61. The van der Waals surface area contributed by atoms with Crippen LogP contribution in [0.4, 0.5) is 0 Å². The summed E-state index contributed by atoms with van der Waals surface area (Å²) in [5.74, 6) is -0.344. The standard InChI is InChI=1S/C14H17NO2/c1-10-8-12(14(16)17-2)9-15-13(10)11-6-4-3-5-7-11/h3-8,12-13,15H,9H2,1-2H3. The van der Waals surface area contributed by atoms with Gasteiger partial charge in [-0.05, 0) is 12.5 Å². The molecule has 1 heterocycles. The van der Waals surface area contributed by atoms with E-state index in [4.69, 9.17) is 4.74 Å². The molecule has 0 amide bonds. The molecular formula is C14H17NO2. The van der Waals surface area contributed by atoms with Crippen molar-refractivity contribution >= 4 is 5.97 Å². The van der Waals surface area contributed by atoms with Crippen LogP contribution in [0.3, 0.4) is 0 Å². The summed E-state index contributed by atoms with van der Waals surface area (Å²) in [5.41, 5.74) is 2.39. The van der Waals surface area contributed by atoms with Crippen molar-refractivity contribution in [2.45, 2.75) is 13.0 Å². The Labute approximate surface area is 101 Å². The third kappa shape index (κ3) is 2.56. The summed E-state index contributed by atoms with van der Waals surface area (Å²) in [6.45, 7) is 2.67. The lowest BCUT2D eigenvalue weighted by Gasteiger charge is -2.27. The van der Waals surface area contributed by atoms with Crippen LogP contribution in [0.25, 0.3) is 0 Å². The molecule has 2 rings (SSSR count). The van der Waals surface area contributed by atoms with E-state index in [1.165, 1.54) is 12.7 Å². The highest BCUT2D eigenvalue weighted by Crippen LogP contribution is 2.26. The van der Waals surface area contributed by atoms with Gasteiger partial charge in [0.15, 0.2) is 0 Å². The van der Waals surface area contributed by atoms with E-state index in [-0.39, 0.29) is 17.9 Å². The average molecular weight is 231 g/mol. The van der Waals surface area contributed by atoms with Crippen molar-refractivity contribution in [1.82, 2.24) is 5.32 Å². The molecule has 1 aromatic carbocycles. The number of rotatable bonds is 2. The number of ether oxygens (including phenoxy) is 1. The van der Waals surface area contributed by atoms with E-state index in [0.717, 1.165) is 5.57 Å². The van der Waals surface area contributed by atoms with Crippen LogP contribution in [0.2, 0.25) is 0 Å². The van der Waals surface area contributed by atoms with E-state index < -0.39 is 0 Å². The molecule has 0 saturated heterocycles. The van der Waals surface area contributed by atoms with Crippen molar-refractivity contribution in [3.8, 4) is 0 Å². The highest BCUT2D eigenvalue weighted by molar-refractivity contribution is 5.75. The van der Waals surface area contributed by atoms with Crippen molar-refractivity contribution in [3.63, 3.8) is 0 Å². The van der Waals surface area contributed by atoms with E-state index in [0.29, 0.717) is 6.54 Å². The zero-order chi connectivity index (χ0) is 12.3. The van der Waals surface area contributed by atoms with Crippen molar-refractivity contribution in [2.75, 3.05) is 13.7 Å². The van der Waals surface area contributed by atoms with Crippen LogP contribution in [0.5, 0.6) is 0 Å². The Morgan fingerprint density at radius 2 is 2.06 bits per heavy atom. The van der Waals surface area contributed by atoms with Gasteiger partial charge in [-0.1, -0.05) is 42.0 Å². The molecule has 1 aliphatic rings. The van der Waals surface area contributed by atoms with Gasteiger partial charge in [-0.25, -0.2) is 0 Å². The van der Waals surface area contributed by atoms with Crippen LogP contribution < -0.4 is 5.32 Å². The second-order valence-corrected chi connectivity index (χ2v) is 4.29. The number of nitrogens with one attached hydrogen (secondary N) is 1. The lowest BCUT2D eigenvalue weighted by atomic mass is 9.92. The molecule has 1 aromatic rings. The largest absolute Gasteiger partial charge is 0.469 e. The maximum absolute atomic E-state index is 11.4. The number of hydrogen-bond donors (Lipinski definition) is 1. The number of carbonyl (C=O) groups excluding carboxylic acids is 1. The van der Waals surface area contributed by atoms with Crippen molar-refractivity contribution in [1.29, 1.82) is 0 Å². The molecule has 3 nitrogen and oxygen atoms in total. The normalized spacial score (nSPS) is 24.0. The molecule has 1 aliphatic heterocycles. The first-order valence-electron chi connectivity index (χ1n) is 5.77. The number of carbonyl (C=O) groups is 1. The summed E-state index contributed by atoms with van der Waals surface area (Å²) in [6, 6.07) is 10.4. The highest BCUT2D eigenvalue weighted by Gasteiger charge is 2.25. The maximum atomic E-state index is 11.4. The SMILES string of the molecule is COC(=O)C1C=C(C)C(c2ccccc2)NC1. The van der Waals surface area contributed by atoms with Crippen molar-refractivity contribution in [3.05, 3.63) is 47.5 Å². The summed E-state index contributed by atoms with van der Waals surface area (Å²) >= 11 is 0. The summed E-state index contributed by atoms with van der Waals surface area (Å²) < 4.78 is 4.76. The first-order chi connectivity index (χ1) is 8.22. The van der Waals surface area contributed by atoms with Gasteiger partial charge in [0.1, 0.15) is 0 Å². The van der Waals surface area contributed by atoms with E-state index in [1.807, 2.05) is 31.2 Å². The fourth-order valence-corrected chi connectivity index (χ4v) is 2.21. The molecule has 1 N–H and O–H groups in total. The van der Waals surface area contributed by atoms with E-state index in [2.05, 4.69) is 17.4 Å². The molecule has 2 unspecified atom stereocenters. The highest BCUT2D eigenvalue weighted by atomic mass is 16.5. The topological polar surface area (TPSA) is 38.3 Å². The molecule has 0 bridgehead atoms. The Kier molecular flexibility index (Phi) is 3.59. The lowest BCUT2D eigenvalue weighted by molar-refractivity contribution is -0.143. The molecule has 90 valence electrons. The smallest absolute Gasteiger partial charge is 0.313 e. The van der Waals surface area contributed by atoms with Gasteiger partial charge < -0.3 is 10.1 Å². The second-order valence-electron chi connectivity index (χ2n) is 4.29. The molecule has 0 radical (unpaired) electrons. The minimum atomic E-state index is -0.177. The van der Waals surface area contributed by atoms with Crippen LogP contribution in [-0.2, 0) is 9.53 Å². The minimum Gasteiger partial charge on any atom is -0.469 e. The maximum Gasteiger partial charge on any atom is 0.313 e. The molecule has 2 atom stereocenters. The van der Waals surface area contributed by atoms with Gasteiger partial charge in [0.05, 0.1) is 19.1 Å². The Balaban J connectivity index is 2.17. The summed E-state index contributed by atoms with van der Waals surface area (Å²) in [7, 11) is 1.43. The van der Waals surface area contributed by atoms with Gasteiger partial charge in [-0.3, -0.25) is 4.79 Å². The van der Waals surface area contributed by atoms with Crippen molar-refractivity contribution in [2.24, 2.45) is 5.92 Å². The zero-order valence-electron chi connectivity index (χ0n) is 10.1. The molecule has 0 saturated carbocycles. The zero-order valence-corrected chi connectivity index (χ0v) is 10.1. The van der Waals surface area contributed by atoms with E-state index in [9.17, 15) is 4.79 Å². The van der Waals surface area contributed by atoms with Crippen LogP contribution in [-0.4, -0.2) is 19.6 Å². The Bertz CT molecular complexity index is 425. The first-order valence-corrected chi connectivity index (χ1v) is 5.77. The number of methoxy groups -OCH3 is 1. The molecule has 0 fully saturated rings. The summed E-state index contributed by atoms with van der Waals surface area (Å²) in [5, 5.41) is 3.38. The van der Waals surface area contributed by atoms with E-state index in [1.54, 1.807) is 0 Å². The third-order valence-electron chi connectivity index (χ3n) is 3.10. The Morgan fingerprint density at radius 1 is 1.35 bits per heavy atom. The molecule has 0 aliphatic carbocycles. The number of esters is 1. The first kappa shape index (κ1) is 11.9. The fourth-order valence-electron chi connectivity index (χ4n) is 2.21. The summed E-state index contributed by atoms with van der Waals surface area (Å²) in [4.78, 5) is 11.4. The summed E-state index contributed by atoms with van der Waals surface area (Å²) in [6.07, 6.45) is 2.00. The molecule has 3 heteroatoms. The van der Waals surface area contributed by atoms with Crippen LogP contribution in [0.1, 0.15) is 18.5 Å². The van der Waals surface area contributed by atoms with Crippen LogP contribution >= 0.6 is 0 Å². The van der Waals surface area contributed by atoms with Crippen LogP contribution in [0.15, 0.2) is 42.0 Å². The van der Waals surface area contributed by atoms with Gasteiger partial charge in [0, 0.05) is 6.54 Å². The number of benzene rings is 1. The van der Waals surface area contributed by atoms with E-state index >= 15 is 0 Å². The predicted octanol–water partition coefficient (Wildman–Crippen LogP) is 2.07. The fraction of sp³-hybridized carbons (Fsp3) is 0.357. The van der Waals surface area contributed by atoms with Gasteiger partial charge in [-0.2, -0.15) is 0 Å². The average Bonchev–Trinajstić information content (AvgIpc) is 2.38. The Morgan fingerprint density at radius 3 is 2.65 bits per heavy atom. The van der Waals surface area contributed by atoms with Crippen LogP contribution in [0, 0.1) is 5.92 Å². The second kappa shape index (κ2) is 5.15.